The number of piperidine rings is 1. The van der Waals surface area contributed by atoms with Gasteiger partial charge in [-0.1, -0.05) is 19.1 Å². The molecule has 0 N–H and O–H groups in total. The highest BCUT2D eigenvalue weighted by atomic mass is 16.5. The second-order valence-electron chi connectivity index (χ2n) is 6.27. The van der Waals surface area contributed by atoms with E-state index in [1.54, 1.807) is 11.8 Å². The molecular formula is C18H23N3O2. The molecule has 1 fully saturated rings. The number of rotatable bonds is 3. The minimum absolute atomic E-state index is 0.0290. The van der Waals surface area contributed by atoms with Gasteiger partial charge in [-0.15, -0.1) is 0 Å². The number of benzene rings is 1. The first-order chi connectivity index (χ1) is 11.1. The number of carbonyl (C=O) groups excluding carboxylic acids is 1. The molecule has 5 nitrogen and oxygen atoms in total. The maximum absolute atomic E-state index is 12.7. The normalized spacial score (nSPS) is 18.0. The van der Waals surface area contributed by atoms with Gasteiger partial charge in [0.25, 0.3) is 5.91 Å². The predicted octanol–water partition coefficient (Wildman–Crippen LogP) is 2.97. The van der Waals surface area contributed by atoms with Crippen LogP contribution in [-0.2, 0) is 7.05 Å². The number of carbonyl (C=O) groups is 1. The lowest BCUT2D eigenvalue weighted by Gasteiger charge is -2.30. The fraction of sp³-hybridized carbons (Fsp3) is 0.444. The summed E-state index contributed by atoms with van der Waals surface area (Å²) >= 11 is 0. The van der Waals surface area contributed by atoms with Crippen LogP contribution in [0, 0.1) is 5.92 Å². The molecule has 1 aromatic carbocycles. The molecule has 1 amide bonds. The average molecular weight is 313 g/mol. The fourth-order valence-electron chi connectivity index (χ4n) is 3.16. The van der Waals surface area contributed by atoms with E-state index in [0.717, 1.165) is 36.5 Å². The van der Waals surface area contributed by atoms with Gasteiger partial charge in [0.1, 0.15) is 5.75 Å². The molecule has 2 heterocycles. The summed E-state index contributed by atoms with van der Waals surface area (Å²) in [4.78, 5) is 14.6. The molecule has 0 bridgehead atoms. The van der Waals surface area contributed by atoms with E-state index in [1.807, 2.05) is 42.3 Å². The lowest BCUT2D eigenvalue weighted by molar-refractivity contribution is 0.0676. The van der Waals surface area contributed by atoms with Crippen LogP contribution in [0.1, 0.15) is 30.3 Å². The molecule has 3 rings (SSSR count). The van der Waals surface area contributed by atoms with E-state index in [1.165, 1.54) is 6.42 Å². The SMILES string of the molecule is COc1cccc(-c2cc(C(=O)N3CCCC(C)C3)nn2C)c1. The Hall–Kier alpha value is -2.30. The molecule has 1 aliphatic rings. The van der Waals surface area contributed by atoms with Gasteiger partial charge < -0.3 is 9.64 Å². The molecule has 5 heteroatoms. The third-order valence-corrected chi connectivity index (χ3v) is 4.41. The number of hydrogen-bond donors (Lipinski definition) is 0. The summed E-state index contributed by atoms with van der Waals surface area (Å²) in [7, 11) is 3.51. The van der Waals surface area contributed by atoms with Crippen molar-refractivity contribution in [2.75, 3.05) is 20.2 Å². The molecule has 1 atom stereocenters. The van der Waals surface area contributed by atoms with Gasteiger partial charge in [-0.2, -0.15) is 5.10 Å². The van der Waals surface area contributed by atoms with Crippen LogP contribution in [-0.4, -0.2) is 40.8 Å². The highest BCUT2D eigenvalue weighted by Crippen LogP contribution is 2.25. The van der Waals surface area contributed by atoms with Gasteiger partial charge in [-0.05, 0) is 37.0 Å². The number of hydrogen-bond acceptors (Lipinski definition) is 3. The predicted molar refractivity (Wildman–Crippen MR) is 89.5 cm³/mol. The largest absolute Gasteiger partial charge is 0.497 e. The van der Waals surface area contributed by atoms with Crippen LogP contribution in [0.3, 0.4) is 0 Å². The summed E-state index contributed by atoms with van der Waals surface area (Å²) < 4.78 is 7.03. The lowest BCUT2D eigenvalue weighted by atomic mass is 10.00. The summed E-state index contributed by atoms with van der Waals surface area (Å²) in [5.74, 6) is 1.39. The molecule has 0 saturated carbocycles. The van der Waals surface area contributed by atoms with E-state index < -0.39 is 0 Å². The zero-order valence-electron chi connectivity index (χ0n) is 14.0. The van der Waals surface area contributed by atoms with Gasteiger partial charge in [-0.25, -0.2) is 0 Å². The Morgan fingerprint density at radius 3 is 2.91 bits per heavy atom. The Labute approximate surface area is 136 Å². The van der Waals surface area contributed by atoms with Crippen molar-refractivity contribution < 1.29 is 9.53 Å². The Morgan fingerprint density at radius 2 is 2.17 bits per heavy atom. The maximum atomic E-state index is 12.7. The second kappa shape index (κ2) is 6.44. The quantitative estimate of drug-likeness (QED) is 0.875. The number of nitrogens with zero attached hydrogens (tertiary/aromatic N) is 3. The van der Waals surface area contributed by atoms with Gasteiger partial charge in [0.05, 0.1) is 12.8 Å². The Balaban J connectivity index is 1.86. The molecule has 0 spiro atoms. The van der Waals surface area contributed by atoms with Gasteiger partial charge >= 0.3 is 0 Å². The number of likely N-dealkylation sites (tertiary alicyclic amines) is 1. The number of aryl methyl sites for hydroxylation is 1. The van der Waals surface area contributed by atoms with Crippen molar-refractivity contribution in [3.63, 3.8) is 0 Å². The molecule has 1 aliphatic heterocycles. The molecule has 2 aromatic rings. The van der Waals surface area contributed by atoms with Crippen LogP contribution in [0.2, 0.25) is 0 Å². The van der Waals surface area contributed by atoms with Crippen LogP contribution >= 0.6 is 0 Å². The first-order valence-electron chi connectivity index (χ1n) is 8.06. The Morgan fingerprint density at radius 1 is 1.35 bits per heavy atom. The van der Waals surface area contributed by atoms with Gasteiger partial charge in [-0.3, -0.25) is 9.48 Å². The molecule has 122 valence electrons. The van der Waals surface area contributed by atoms with Crippen molar-refractivity contribution in [3.05, 3.63) is 36.0 Å². The van der Waals surface area contributed by atoms with Gasteiger partial charge in [0, 0.05) is 25.7 Å². The van der Waals surface area contributed by atoms with Crippen LogP contribution in [0.15, 0.2) is 30.3 Å². The fourth-order valence-corrected chi connectivity index (χ4v) is 3.16. The van der Waals surface area contributed by atoms with Crippen molar-refractivity contribution >= 4 is 5.91 Å². The molecule has 0 radical (unpaired) electrons. The monoisotopic (exact) mass is 313 g/mol. The van der Waals surface area contributed by atoms with E-state index in [4.69, 9.17) is 4.74 Å². The first kappa shape index (κ1) is 15.6. The van der Waals surface area contributed by atoms with Gasteiger partial charge in [0.2, 0.25) is 0 Å². The van der Waals surface area contributed by atoms with Crippen molar-refractivity contribution in [1.82, 2.24) is 14.7 Å². The van der Waals surface area contributed by atoms with Crippen LogP contribution in [0.4, 0.5) is 0 Å². The van der Waals surface area contributed by atoms with E-state index in [9.17, 15) is 4.79 Å². The maximum Gasteiger partial charge on any atom is 0.274 e. The van der Waals surface area contributed by atoms with Crippen LogP contribution in [0.25, 0.3) is 11.3 Å². The van der Waals surface area contributed by atoms with E-state index >= 15 is 0 Å². The number of methoxy groups -OCH3 is 1. The number of aromatic nitrogens is 2. The standard InChI is InChI=1S/C18H23N3O2/c1-13-6-5-9-21(12-13)18(22)16-11-17(20(2)19-16)14-7-4-8-15(10-14)23-3/h4,7-8,10-11,13H,5-6,9,12H2,1-3H3. The smallest absolute Gasteiger partial charge is 0.274 e. The summed E-state index contributed by atoms with van der Waals surface area (Å²) in [5.41, 5.74) is 2.42. The average Bonchev–Trinajstić information content (AvgIpc) is 2.96. The molecule has 23 heavy (non-hydrogen) atoms. The summed E-state index contributed by atoms with van der Waals surface area (Å²) in [6, 6.07) is 9.66. The van der Waals surface area contributed by atoms with E-state index in [-0.39, 0.29) is 5.91 Å². The number of amides is 1. The molecule has 1 unspecified atom stereocenters. The highest BCUT2D eigenvalue weighted by Gasteiger charge is 2.24. The zero-order chi connectivity index (χ0) is 16.4. The van der Waals surface area contributed by atoms with Crippen LogP contribution in [0.5, 0.6) is 5.75 Å². The molecule has 0 aliphatic carbocycles. The number of ether oxygens (including phenoxy) is 1. The van der Waals surface area contributed by atoms with Crippen molar-refractivity contribution in [2.45, 2.75) is 19.8 Å². The summed E-state index contributed by atoms with van der Waals surface area (Å²) in [5, 5.41) is 4.43. The molecule has 1 saturated heterocycles. The van der Waals surface area contributed by atoms with Gasteiger partial charge in [0.15, 0.2) is 5.69 Å². The third kappa shape index (κ3) is 3.23. The molecule has 1 aromatic heterocycles. The van der Waals surface area contributed by atoms with Crippen molar-refractivity contribution in [2.24, 2.45) is 13.0 Å². The zero-order valence-corrected chi connectivity index (χ0v) is 14.0. The second-order valence-corrected chi connectivity index (χ2v) is 6.27. The van der Waals surface area contributed by atoms with E-state index in [0.29, 0.717) is 11.6 Å². The summed E-state index contributed by atoms with van der Waals surface area (Å²) in [6.07, 6.45) is 2.27. The third-order valence-electron chi connectivity index (χ3n) is 4.41. The minimum atomic E-state index is 0.0290. The lowest BCUT2D eigenvalue weighted by Crippen LogP contribution is -2.39. The Kier molecular flexibility index (Phi) is 4.37. The summed E-state index contributed by atoms with van der Waals surface area (Å²) in [6.45, 7) is 3.84. The van der Waals surface area contributed by atoms with Crippen LogP contribution < -0.4 is 4.74 Å². The highest BCUT2D eigenvalue weighted by molar-refractivity contribution is 5.93. The Bertz CT molecular complexity index is 708. The molecular weight excluding hydrogens is 290 g/mol. The van der Waals surface area contributed by atoms with Crippen molar-refractivity contribution in [3.8, 4) is 17.0 Å². The first-order valence-corrected chi connectivity index (χ1v) is 8.06. The van der Waals surface area contributed by atoms with Crippen molar-refractivity contribution in [1.29, 1.82) is 0 Å². The van der Waals surface area contributed by atoms with E-state index in [2.05, 4.69) is 12.0 Å². The topological polar surface area (TPSA) is 47.4 Å². The minimum Gasteiger partial charge on any atom is -0.497 e.